The fourth-order valence-electron chi connectivity index (χ4n) is 4.40. The number of methoxy groups -OCH3 is 1. The molecule has 1 atom stereocenters. The van der Waals surface area contributed by atoms with E-state index in [-0.39, 0.29) is 12.3 Å². The van der Waals surface area contributed by atoms with E-state index in [1.54, 1.807) is 19.2 Å². The predicted octanol–water partition coefficient (Wildman–Crippen LogP) is 5.65. The Morgan fingerprint density at radius 3 is 2.27 bits per heavy atom. The molecule has 0 saturated carbocycles. The maximum atomic E-state index is 13.4. The number of anilines is 1. The highest BCUT2D eigenvalue weighted by molar-refractivity contribution is 8.00. The minimum atomic E-state index is -0.769. The summed E-state index contributed by atoms with van der Waals surface area (Å²) in [4.78, 5) is 43.5. The first kappa shape index (κ1) is 26.7. The van der Waals surface area contributed by atoms with Gasteiger partial charge >= 0.3 is 5.97 Å². The van der Waals surface area contributed by atoms with Gasteiger partial charge in [-0.1, -0.05) is 54.2 Å². The van der Waals surface area contributed by atoms with E-state index in [2.05, 4.69) is 6.07 Å². The standard InChI is InChI=1S/C31H23N3O5S/c1-19(35)39-24-14-10-22(11-15-24)34-29(36)17-28(31(34)37)40-30-26(18-32)25(20-8-12-23(38-2)13-9-20)16-27(33-30)21-6-4-3-5-7-21/h3-16,28H,17H2,1-2H3. The third-order valence-corrected chi connectivity index (χ3v) is 7.46. The van der Waals surface area contributed by atoms with Gasteiger partial charge in [0.25, 0.3) is 0 Å². The number of carbonyl (C=O) groups excluding carboxylic acids is 3. The lowest BCUT2D eigenvalue weighted by atomic mass is 9.99. The van der Waals surface area contributed by atoms with Crippen molar-refractivity contribution in [3.63, 3.8) is 0 Å². The number of benzene rings is 3. The molecule has 5 rings (SSSR count). The second kappa shape index (κ2) is 11.4. The maximum absolute atomic E-state index is 13.4. The number of hydrogen-bond acceptors (Lipinski definition) is 8. The monoisotopic (exact) mass is 549 g/mol. The minimum absolute atomic E-state index is 0.0464. The van der Waals surface area contributed by atoms with E-state index < -0.39 is 17.1 Å². The number of rotatable bonds is 7. The summed E-state index contributed by atoms with van der Waals surface area (Å²) in [6.07, 6.45) is -0.0464. The van der Waals surface area contributed by atoms with Crippen molar-refractivity contribution in [3.05, 3.63) is 90.5 Å². The van der Waals surface area contributed by atoms with Gasteiger partial charge in [0.1, 0.15) is 22.6 Å². The number of thioether (sulfide) groups is 1. The van der Waals surface area contributed by atoms with Gasteiger partial charge in [-0.05, 0) is 48.0 Å². The summed E-state index contributed by atoms with van der Waals surface area (Å²) < 4.78 is 10.3. The number of amides is 2. The number of ether oxygens (including phenoxy) is 2. The molecule has 3 aromatic carbocycles. The molecule has 40 heavy (non-hydrogen) atoms. The van der Waals surface area contributed by atoms with Gasteiger partial charge in [-0.2, -0.15) is 5.26 Å². The molecule has 8 nitrogen and oxygen atoms in total. The van der Waals surface area contributed by atoms with Crippen molar-refractivity contribution in [2.24, 2.45) is 0 Å². The molecule has 1 aromatic heterocycles. The molecule has 2 heterocycles. The summed E-state index contributed by atoms with van der Waals surface area (Å²) in [5.74, 6) is -0.240. The van der Waals surface area contributed by atoms with Crippen LogP contribution in [0.15, 0.2) is 90.0 Å². The fraction of sp³-hybridized carbons (Fsp3) is 0.129. The van der Waals surface area contributed by atoms with Crippen LogP contribution in [0.3, 0.4) is 0 Å². The molecule has 4 aromatic rings. The van der Waals surface area contributed by atoms with E-state index >= 15 is 0 Å². The van der Waals surface area contributed by atoms with Crippen LogP contribution in [0.5, 0.6) is 11.5 Å². The summed E-state index contributed by atoms with van der Waals surface area (Å²) in [6, 6.07) is 27.2. The molecule has 198 valence electrons. The average Bonchev–Trinajstić information content (AvgIpc) is 3.25. The summed E-state index contributed by atoms with van der Waals surface area (Å²) in [5.41, 5.74) is 3.64. The van der Waals surface area contributed by atoms with E-state index in [1.165, 1.54) is 19.1 Å². The Labute approximate surface area is 235 Å². The van der Waals surface area contributed by atoms with E-state index in [0.29, 0.717) is 39.0 Å². The van der Waals surface area contributed by atoms with Crippen LogP contribution in [0.2, 0.25) is 0 Å². The van der Waals surface area contributed by atoms with E-state index in [4.69, 9.17) is 14.5 Å². The zero-order valence-electron chi connectivity index (χ0n) is 21.7. The molecule has 1 aliphatic heterocycles. The van der Waals surface area contributed by atoms with Crippen molar-refractivity contribution in [2.45, 2.75) is 23.6 Å². The van der Waals surface area contributed by atoms with Crippen LogP contribution < -0.4 is 14.4 Å². The third-order valence-electron chi connectivity index (χ3n) is 6.28. The first-order valence-electron chi connectivity index (χ1n) is 12.3. The van der Waals surface area contributed by atoms with Gasteiger partial charge in [0.05, 0.1) is 29.3 Å². The lowest BCUT2D eigenvalue weighted by Crippen LogP contribution is -2.31. The van der Waals surface area contributed by atoms with Crippen molar-refractivity contribution in [1.82, 2.24) is 4.98 Å². The zero-order valence-corrected chi connectivity index (χ0v) is 22.5. The van der Waals surface area contributed by atoms with Crippen molar-refractivity contribution in [2.75, 3.05) is 12.0 Å². The highest BCUT2D eigenvalue weighted by atomic mass is 32.2. The van der Waals surface area contributed by atoms with Gasteiger partial charge in [-0.25, -0.2) is 9.88 Å². The van der Waals surface area contributed by atoms with Crippen LogP contribution in [0, 0.1) is 11.3 Å². The Morgan fingerprint density at radius 1 is 0.975 bits per heavy atom. The average molecular weight is 550 g/mol. The molecule has 0 bridgehead atoms. The Bertz CT molecular complexity index is 1630. The van der Waals surface area contributed by atoms with Crippen LogP contribution in [0.1, 0.15) is 18.9 Å². The van der Waals surface area contributed by atoms with Crippen molar-refractivity contribution >= 4 is 35.2 Å². The Morgan fingerprint density at radius 2 is 1.65 bits per heavy atom. The van der Waals surface area contributed by atoms with E-state index in [1.807, 2.05) is 60.7 Å². The lowest BCUT2D eigenvalue weighted by molar-refractivity contribution is -0.132. The van der Waals surface area contributed by atoms with Crippen LogP contribution in [-0.4, -0.2) is 35.1 Å². The molecule has 1 aliphatic rings. The Kier molecular flexibility index (Phi) is 7.62. The molecule has 1 fully saturated rings. The number of imide groups is 1. The number of pyridine rings is 1. The van der Waals surface area contributed by atoms with E-state index in [9.17, 15) is 19.6 Å². The van der Waals surface area contributed by atoms with Gasteiger partial charge in [0.15, 0.2) is 0 Å². The molecule has 1 unspecified atom stereocenters. The first-order valence-corrected chi connectivity index (χ1v) is 13.2. The predicted molar refractivity (Wildman–Crippen MR) is 151 cm³/mol. The Balaban J connectivity index is 1.51. The summed E-state index contributed by atoms with van der Waals surface area (Å²) in [6.45, 7) is 1.29. The largest absolute Gasteiger partial charge is 0.497 e. The van der Waals surface area contributed by atoms with Gasteiger partial charge in [0.2, 0.25) is 11.8 Å². The van der Waals surface area contributed by atoms with Gasteiger partial charge in [-0.3, -0.25) is 14.4 Å². The van der Waals surface area contributed by atoms with E-state index in [0.717, 1.165) is 27.8 Å². The number of nitrogens with zero attached hydrogens (tertiary/aromatic N) is 3. The highest BCUT2D eigenvalue weighted by Gasteiger charge is 2.41. The fourth-order valence-corrected chi connectivity index (χ4v) is 5.53. The number of hydrogen-bond donors (Lipinski definition) is 0. The second-order valence-corrected chi connectivity index (χ2v) is 10.1. The summed E-state index contributed by atoms with van der Waals surface area (Å²) in [5, 5.41) is 9.81. The summed E-state index contributed by atoms with van der Waals surface area (Å²) >= 11 is 1.11. The lowest BCUT2D eigenvalue weighted by Gasteiger charge is -2.16. The smallest absolute Gasteiger partial charge is 0.308 e. The molecule has 1 saturated heterocycles. The Hall–Kier alpha value is -4.94. The number of nitriles is 1. The van der Waals surface area contributed by atoms with Crippen molar-refractivity contribution < 1.29 is 23.9 Å². The molecule has 0 radical (unpaired) electrons. The van der Waals surface area contributed by atoms with Crippen molar-refractivity contribution in [1.29, 1.82) is 5.26 Å². The molecule has 2 amide bonds. The number of aromatic nitrogens is 1. The number of carbonyl (C=O) groups is 3. The maximum Gasteiger partial charge on any atom is 0.308 e. The van der Waals surface area contributed by atoms with Crippen molar-refractivity contribution in [3.8, 4) is 40.0 Å². The van der Waals surface area contributed by atoms with Crippen LogP contribution >= 0.6 is 11.8 Å². The van der Waals surface area contributed by atoms with Crippen LogP contribution in [0.25, 0.3) is 22.4 Å². The van der Waals surface area contributed by atoms with Gasteiger partial charge in [0, 0.05) is 24.5 Å². The molecule has 0 spiro atoms. The SMILES string of the molecule is COc1ccc(-c2cc(-c3ccccc3)nc(SC3CC(=O)N(c4ccc(OC(C)=O)cc4)C3=O)c2C#N)cc1. The molecule has 0 N–H and O–H groups in total. The summed E-state index contributed by atoms with van der Waals surface area (Å²) in [7, 11) is 1.59. The van der Waals surface area contributed by atoms with Gasteiger partial charge in [-0.15, -0.1) is 0 Å². The quantitative estimate of drug-likeness (QED) is 0.165. The molecule has 9 heteroatoms. The first-order chi connectivity index (χ1) is 19.4. The zero-order chi connectivity index (χ0) is 28.2. The number of esters is 1. The normalized spacial score (nSPS) is 14.6. The van der Waals surface area contributed by atoms with Crippen LogP contribution in [-0.2, 0) is 14.4 Å². The highest BCUT2D eigenvalue weighted by Crippen LogP contribution is 2.39. The third kappa shape index (κ3) is 5.44. The topological polar surface area (TPSA) is 110 Å². The molecular formula is C31H23N3O5S. The van der Waals surface area contributed by atoms with Crippen LogP contribution in [0.4, 0.5) is 5.69 Å². The minimum Gasteiger partial charge on any atom is -0.497 e. The van der Waals surface area contributed by atoms with Gasteiger partial charge < -0.3 is 9.47 Å². The molecular weight excluding hydrogens is 526 g/mol. The molecule has 0 aliphatic carbocycles. The second-order valence-electron chi connectivity index (χ2n) is 8.91.